The average Bonchev–Trinajstić information content (AvgIpc) is 3.14. The monoisotopic (exact) mass is 392 g/mol. The minimum absolute atomic E-state index is 0.0970. The number of Topliss-reactive ketones (excluding diaryl/α,β-unsaturated/α-hetero) is 1. The highest BCUT2D eigenvalue weighted by Gasteiger charge is 2.31. The minimum atomic E-state index is -0.334. The van der Waals surface area contributed by atoms with Gasteiger partial charge in [0.1, 0.15) is 22.7 Å². The van der Waals surface area contributed by atoms with E-state index in [4.69, 9.17) is 4.99 Å². The standard InChI is InChI=1S/C22H24N4OS/c1-6-16-7-9-17(10-8-16)20-19-13(3)14(4)28-22(19)26-15(5)24-25-21(26)18(23-20)11-12(2)27/h7-10,18H,6,11H2,1-5H3/t18-/m0/s1. The van der Waals surface area contributed by atoms with E-state index in [1.807, 2.05) is 6.92 Å². The lowest BCUT2D eigenvalue weighted by molar-refractivity contribution is -0.117. The van der Waals surface area contributed by atoms with E-state index in [2.05, 4.69) is 59.8 Å². The maximum absolute atomic E-state index is 12.0. The molecule has 1 atom stereocenters. The number of aryl methyl sites for hydroxylation is 3. The molecular weight excluding hydrogens is 368 g/mol. The zero-order valence-electron chi connectivity index (χ0n) is 16.9. The highest BCUT2D eigenvalue weighted by molar-refractivity contribution is 7.15. The van der Waals surface area contributed by atoms with E-state index in [-0.39, 0.29) is 11.8 Å². The van der Waals surface area contributed by atoms with Crippen LogP contribution in [0.15, 0.2) is 29.3 Å². The summed E-state index contributed by atoms with van der Waals surface area (Å²) >= 11 is 1.74. The molecule has 0 unspecified atom stereocenters. The number of hydrogen-bond donors (Lipinski definition) is 0. The van der Waals surface area contributed by atoms with Gasteiger partial charge in [0.05, 0.1) is 5.71 Å². The number of rotatable bonds is 4. The number of thiophene rings is 1. The lowest BCUT2D eigenvalue weighted by Crippen LogP contribution is -2.09. The fourth-order valence-electron chi connectivity index (χ4n) is 3.70. The van der Waals surface area contributed by atoms with Crippen LogP contribution in [0.3, 0.4) is 0 Å². The van der Waals surface area contributed by atoms with Crippen LogP contribution < -0.4 is 0 Å². The first-order valence-electron chi connectivity index (χ1n) is 9.59. The number of aromatic nitrogens is 3. The average molecular weight is 393 g/mol. The molecule has 2 aromatic heterocycles. The van der Waals surface area contributed by atoms with Crippen LogP contribution >= 0.6 is 11.3 Å². The molecule has 0 saturated carbocycles. The van der Waals surface area contributed by atoms with E-state index in [9.17, 15) is 4.79 Å². The normalized spacial score (nSPS) is 15.6. The molecule has 4 rings (SSSR count). The van der Waals surface area contributed by atoms with Crippen LogP contribution in [-0.4, -0.2) is 26.3 Å². The minimum Gasteiger partial charge on any atom is -0.300 e. The van der Waals surface area contributed by atoms with Gasteiger partial charge in [0.15, 0.2) is 5.82 Å². The first-order chi connectivity index (χ1) is 13.4. The molecule has 5 nitrogen and oxygen atoms in total. The number of carbonyl (C=O) groups is 1. The van der Waals surface area contributed by atoms with Crippen molar-refractivity contribution in [3.8, 4) is 5.00 Å². The van der Waals surface area contributed by atoms with Crippen LogP contribution in [0, 0.1) is 20.8 Å². The number of hydrogen-bond acceptors (Lipinski definition) is 5. The third-order valence-corrected chi connectivity index (χ3v) is 6.55. The first kappa shape index (κ1) is 18.7. The fourth-order valence-corrected chi connectivity index (χ4v) is 4.91. The van der Waals surface area contributed by atoms with Gasteiger partial charge in [0.2, 0.25) is 0 Å². The van der Waals surface area contributed by atoms with Gasteiger partial charge in [-0.1, -0.05) is 31.2 Å². The Morgan fingerprint density at radius 3 is 2.50 bits per heavy atom. The van der Waals surface area contributed by atoms with Crippen LogP contribution in [0.5, 0.6) is 0 Å². The van der Waals surface area contributed by atoms with Crippen LogP contribution in [0.4, 0.5) is 0 Å². The second-order valence-corrected chi connectivity index (χ2v) is 8.56. The Morgan fingerprint density at radius 2 is 1.86 bits per heavy atom. The van der Waals surface area contributed by atoms with E-state index >= 15 is 0 Å². The third kappa shape index (κ3) is 3.02. The SMILES string of the molecule is CCc1ccc(C2=N[C@@H](CC(C)=O)c3nnc(C)n3-c3sc(C)c(C)c32)cc1. The van der Waals surface area contributed by atoms with Crippen molar-refractivity contribution in [2.24, 2.45) is 4.99 Å². The van der Waals surface area contributed by atoms with Crippen LogP contribution in [0.2, 0.25) is 0 Å². The molecule has 0 N–H and O–H groups in total. The third-order valence-electron chi connectivity index (χ3n) is 5.36. The molecule has 3 aromatic rings. The topological polar surface area (TPSA) is 60.1 Å². The van der Waals surface area contributed by atoms with Gasteiger partial charge >= 0.3 is 0 Å². The van der Waals surface area contributed by atoms with E-state index in [1.54, 1.807) is 18.3 Å². The van der Waals surface area contributed by atoms with Gasteiger partial charge in [-0.25, -0.2) is 0 Å². The molecule has 0 saturated heterocycles. The van der Waals surface area contributed by atoms with Gasteiger partial charge in [0.25, 0.3) is 0 Å². The largest absolute Gasteiger partial charge is 0.300 e. The van der Waals surface area contributed by atoms with Crippen molar-refractivity contribution in [2.45, 2.75) is 53.5 Å². The highest BCUT2D eigenvalue weighted by atomic mass is 32.1. The Balaban J connectivity index is 2.00. The maximum atomic E-state index is 12.0. The summed E-state index contributed by atoms with van der Waals surface area (Å²) in [5, 5.41) is 9.79. The van der Waals surface area contributed by atoms with Crippen molar-refractivity contribution in [3.05, 3.63) is 63.0 Å². The molecule has 28 heavy (non-hydrogen) atoms. The summed E-state index contributed by atoms with van der Waals surface area (Å²) in [4.78, 5) is 18.3. The van der Waals surface area contributed by atoms with Gasteiger partial charge < -0.3 is 0 Å². The second kappa shape index (κ2) is 7.09. The van der Waals surface area contributed by atoms with Gasteiger partial charge in [-0.2, -0.15) is 0 Å². The van der Waals surface area contributed by atoms with Gasteiger partial charge in [-0.3, -0.25) is 14.4 Å². The number of fused-ring (bicyclic) bond motifs is 3. The summed E-state index contributed by atoms with van der Waals surface area (Å²) in [6.07, 6.45) is 1.32. The molecule has 1 aromatic carbocycles. The van der Waals surface area contributed by atoms with Crippen molar-refractivity contribution in [1.82, 2.24) is 14.8 Å². The number of nitrogens with zero attached hydrogens (tertiary/aromatic N) is 4. The fraction of sp³-hybridized carbons (Fsp3) is 0.364. The summed E-state index contributed by atoms with van der Waals surface area (Å²) in [6.45, 7) is 10.00. The number of benzene rings is 1. The van der Waals surface area contributed by atoms with Crippen LogP contribution in [-0.2, 0) is 11.2 Å². The molecule has 1 aliphatic heterocycles. The van der Waals surface area contributed by atoms with Crippen LogP contribution in [0.25, 0.3) is 5.00 Å². The van der Waals surface area contributed by atoms with Crippen molar-refractivity contribution in [2.75, 3.05) is 0 Å². The van der Waals surface area contributed by atoms with Gasteiger partial charge in [-0.05, 0) is 45.2 Å². The lowest BCUT2D eigenvalue weighted by atomic mass is 9.98. The van der Waals surface area contributed by atoms with Crippen molar-refractivity contribution in [3.63, 3.8) is 0 Å². The molecule has 0 amide bonds. The number of ketones is 1. The Morgan fingerprint density at radius 1 is 1.14 bits per heavy atom. The number of aliphatic imine (C=N–C) groups is 1. The Labute approximate surface area is 169 Å². The summed E-state index contributed by atoms with van der Waals surface area (Å²) in [6, 6.07) is 8.25. The quantitative estimate of drug-likeness (QED) is 0.647. The van der Waals surface area contributed by atoms with Crippen molar-refractivity contribution in [1.29, 1.82) is 0 Å². The molecule has 144 valence electrons. The first-order valence-corrected chi connectivity index (χ1v) is 10.4. The summed E-state index contributed by atoms with van der Waals surface area (Å²) < 4.78 is 2.09. The maximum Gasteiger partial charge on any atom is 0.163 e. The van der Waals surface area contributed by atoms with Crippen LogP contribution in [0.1, 0.15) is 65.1 Å². The molecule has 0 fully saturated rings. The molecule has 0 bridgehead atoms. The van der Waals surface area contributed by atoms with E-state index in [1.165, 1.54) is 16.0 Å². The van der Waals surface area contributed by atoms with E-state index in [0.29, 0.717) is 6.42 Å². The van der Waals surface area contributed by atoms with Crippen molar-refractivity contribution >= 4 is 22.8 Å². The molecule has 0 aliphatic carbocycles. The zero-order chi connectivity index (χ0) is 20.0. The molecule has 3 heterocycles. The lowest BCUT2D eigenvalue weighted by Gasteiger charge is -2.11. The summed E-state index contributed by atoms with van der Waals surface area (Å²) in [5.74, 6) is 1.67. The van der Waals surface area contributed by atoms with Gasteiger partial charge in [0, 0.05) is 22.4 Å². The molecular formula is C22H24N4OS. The van der Waals surface area contributed by atoms with E-state index < -0.39 is 0 Å². The van der Waals surface area contributed by atoms with Crippen molar-refractivity contribution < 1.29 is 4.79 Å². The second-order valence-electron chi connectivity index (χ2n) is 7.35. The smallest absolute Gasteiger partial charge is 0.163 e. The molecule has 0 spiro atoms. The molecule has 6 heteroatoms. The Hall–Kier alpha value is -2.60. The Kier molecular flexibility index (Phi) is 4.75. The summed E-state index contributed by atoms with van der Waals surface area (Å²) in [5.41, 5.74) is 5.66. The molecule has 0 radical (unpaired) electrons. The summed E-state index contributed by atoms with van der Waals surface area (Å²) in [7, 11) is 0. The Bertz CT molecular complexity index is 1090. The predicted molar refractivity (Wildman–Crippen MR) is 113 cm³/mol. The zero-order valence-corrected chi connectivity index (χ0v) is 17.7. The van der Waals surface area contributed by atoms with E-state index in [0.717, 1.165) is 39.9 Å². The number of carbonyl (C=O) groups excluding carboxylic acids is 1. The van der Waals surface area contributed by atoms with Gasteiger partial charge in [-0.15, -0.1) is 21.5 Å². The highest BCUT2D eigenvalue weighted by Crippen LogP contribution is 2.39. The molecule has 1 aliphatic rings. The predicted octanol–water partition coefficient (Wildman–Crippen LogP) is 4.69.